The Labute approximate surface area is 181 Å². The molecule has 1 atom stereocenters. The second-order valence-corrected chi connectivity index (χ2v) is 9.84. The first kappa shape index (κ1) is 21.9. The van der Waals surface area contributed by atoms with Gasteiger partial charge in [0.25, 0.3) is 5.91 Å². The molecule has 0 radical (unpaired) electrons. The number of benzene rings is 1. The van der Waals surface area contributed by atoms with Crippen LogP contribution in [-0.4, -0.2) is 60.9 Å². The molecule has 0 bridgehead atoms. The molecule has 1 amide bonds. The van der Waals surface area contributed by atoms with Gasteiger partial charge in [-0.05, 0) is 55.5 Å². The first-order chi connectivity index (χ1) is 14.9. The number of nitrogens with zero attached hydrogens (tertiary/aromatic N) is 3. The van der Waals surface area contributed by atoms with E-state index in [1.165, 1.54) is 10.4 Å². The monoisotopic (exact) mass is 447 g/mol. The summed E-state index contributed by atoms with van der Waals surface area (Å²) in [7, 11) is -3.98. The molecule has 31 heavy (non-hydrogen) atoms. The molecule has 2 aliphatic rings. The molecule has 9 heteroatoms. The molecule has 2 fully saturated rings. The highest BCUT2D eigenvalue weighted by molar-refractivity contribution is 7.89. The summed E-state index contributed by atoms with van der Waals surface area (Å²) in [5, 5.41) is 0. The van der Waals surface area contributed by atoms with E-state index in [-0.39, 0.29) is 17.6 Å². The largest absolute Gasteiger partial charge is 0.376 e. The smallest absolute Gasteiger partial charge is 0.254 e. The first-order valence-corrected chi connectivity index (χ1v) is 12.0. The van der Waals surface area contributed by atoms with Crippen molar-refractivity contribution in [1.29, 1.82) is 0 Å². The lowest BCUT2D eigenvalue weighted by Gasteiger charge is -2.26. The standard InChI is InChI=1S/C22H26FN3O4S/c23-20-8-7-18(13-21(20)31(28,29)26-10-1-2-11-26)22(27)25(16-19-6-4-12-30-19)15-17-5-3-9-24-14-17/h3,5,7-9,13-14,19H,1-2,4,6,10-12,15-16H2. The van der Waals surface area contributed by atoms with Crippen molar-refractivity contribution in [3.05, 3.63) is 59.7 Å². The Bertz CT molecular complexity index is 1020. The second kappa shape index (κ2) is 9.42. The van der Waals surface area contributed by atoms with Gasteiger partial charge in [-0.2, -0.15) is 4.31 Å². The molecular formula is C22H26FN3O4S. The minimum Gasteiger partial charge on any atom is -0.376 e. The van der Waals surface area contributed by atoms with Gasteiger partial charge in [-0.15, -0.1) is 0 Å². The molecule has 4 rings (SSSR count). The van der Waals surface area contributed by atoms with Crippen LogP contribution in [0, 0.1) is 5.82 Å². The Hall–Kier alpha value is -2.36. The van der Waals surface area contributed by atoms with E-state index in [2.05, 4.69) is 4.98 Å². The third kappa shape index (κ3) is 4.94. The van der Waals surface area contributed by atoms with Crippen LogP contribution < -0.4 is 0 Å². The second-order valence-electron chi connectivity index (χ2n) is 7.94. The summed E-state index contributed by atoms with van der Waals surface area (Å²) >= 11 is 0. The van der Waals surface area contributed by atoms with Gasteiger partial charge < -0.3 is 9.64 Å². The summed E-state index contributed by atoms with van der Waals surface area (Å²) < 4.78 is 47.3. The normalized spacial score (nSPS) is 19.6. The number of pyridine rings is 1. The van der Waals surface area contributed by atoms with Gasteiger partial charge in [-0.3, -0.25) is 9.78 Å². The molecule has 2 aromatic rings. The molecule has 0 saturated carbocycles. The van der Waals surface area contributed by atoms with E-state index in [0.29, 0.717) is 32.8 Å². The highest BCUT2D eigenvalue weighted by Crippen LogP contribution is 2.25. The van der Waals surface area contributed by atoms with E-state index in [0.717, 1.165) is 43.4 Å². The number of aromatic nitrogens is 1. The molecule has 166 valence electrons. The number of carbonyl (C=O) groups excluding carboxylic acids is 1. The molecule has 0 N–H and O–H groups in total. The van der Waals surface area contributed by atoms with Gasteiger partial charge in [-0.1, -0.05) is 6.07 Å². The van der Waals surface area contributed by atoms with Crippen molar-refractivity contribution in [3.8, 4) is 0 Å². The average molecular weight is 448 g/mol. The van der Waals surface area contributed by atoms with E-state index in [4.69, 9.17) is 4.74 Å². The minimum absolute atomic E-state index is 0.0751. The first-order valence-electron chi connectivity index (χ1n) is 10.5. The molecular weight excluding hydrogens is 421 g/mol. The molecule has 7 nitrogen and oxygen atoms in total. The van der Waals surface area contributed by atoms with Crippen LogP contribution in [0.3, 0.4) is 0 Å². The van der Waals surface area contributed by atoms with Crippen LogP contribution in [0.5, 0.6) is 0 Å². The molecule has 0 spiro atoms. The van der Waals surface area contributed by atoms with Gasteiger partial charge in [0.1, 0.15) is 10.7 Å². The Morgan fingerprint density at radius 3 is 2.71 bits per heavy atom. The summed E-state index contributed by atoms with van der Waals surface area (Å²) in [6.45, 7) is 2.07. The number of halogens is 1. The van der Waals surface area contributed by atoms with Crippen molar-refractivity contribution >= 4 is 15.9 Å². The Balaban J connectivity index is 1.62. The Morgan fingerprint density at radius 2 is 2.03 bits per heavy atom. The van der Waals surface area contributed by atoms with Crippen LogP contribution in [0.15, 0.2) is 47.6 Å². The number of ether oxygens (including phenoxy) is 1. The maximum Gasteiger partial charge on any atom is 0.254 e. The number of hydrogen-bond acceptors (Lipinski definition) is 5. The predicted molar refractivity (Wildman–Crippen MR) is 112 cm³/mol. The van der Waals surface area contributed by atoms with Crippen LogP contribution in [0.2, 0.25) is 0 Å². The van der Waals surface area contributed by atoms with Crippen molar-refractivity contribution in [1.82, 2.24) is 14.2 Å². The van der Waals surface area contributed by atoms with Crippen molar-refractivity contribution in [3.63, 3.8) is 0 Å². The Morgan fingerprint density at radius 1 is 1.23 bits per heavy atom. The van der Waals surface area contributed by atoms with Crippen LogP contribution in [0.1, 0.15) is 41.6 Å². The SMILES string of the molecule is O=C(c1ccc(F)c(S(=O)(=O)N2CCCC2)c1)N(Cc1cccnc1)CC1CCCO1. The molecule has 2 saturated heterocycles. The quantitative estimate of drug-likeness (QED) is 0.652. The van der Waals surface area contributed by atoms with E-state index in [1.54, 1.807) is 23.4 Å². The van der Waals surface area contributed by atoms with Crippen molar-refractivity contribution in [2.24, 2.45) is 0 Å². The summed E-state index contributed by atoms with van der Waals surface area (Å²) in [6.07, 6.45) is 6.56. The average Bonchev–Trinajstić information content (AvgIpc) is 3.48. The van der Waals surface area contributed by atoms with Crippen LogP contribution in [0.4, 0.5) is 4.39 Å². The van der Waals surface area contributed by atoms with Gasteiger partial charge in [0.2, 0.25) is 10.0 Å². The van der Waals surface area contributed by atoms with Gasteiger partial charge in [-0.25, -0.2) is 12.8 Å². The molecule has 3 heterocycles. The fourth-order valence-electron chi connectivity index (χ4n) is 4.05. The number of hydrogen-bond donors (Lipinski definition) is 0. The number of carbonyl (C=O) groups is 1. The number of sulfonamides is 1. The predicted octanol–water partition coefficient (Wildman–Crippen LogP) is 2.83. The lowest BCUT2D eigenvalue weighted by Crippen LogP contribution is -2.37. The fraction of sp³-hybridized carbons (Fsp3) is 0.455. The lowest BCUT2D eigenvalue weighted by molar-refractivity contribution is 0.0507. The zero-order chi connectivity index (χ0) is 21.8. The van der Waals surface area contributed by atoms with Crippen molar-refractivity contribution < 1.29 is 22.3 Å². The third-order valence-corrected chi connectivity index (χ3v) is 7.61. The third-order valence-electron chi connectivity index (χ3n) is 5.69. The molecule has 1 unspecified atom stereocenters. The molecule has 2 aliphatic heterocycles. The van der Waals surface area contributed by atoms with Crippen LogP contribution >= 0.6 is 0 Å². The summed E-state index contributed by atoms with van der Waals surface area (Å²) in [5.41, 5.74) is 0.988. The van der Waals surface area contributed by atoms with Crippen molar-refractivity contribution in [2.75, 3.05) is 26.2 Å². The number of rotatable bonds is 7. The summed E-state index contributed by atoms with van der Waals surface area (Å²) in [6, 6.07) is 7.23. The molecule has 0 aliphatic carbocycles. The maximum absolute atomic E-state index is 14.5. The zero-order valence-corrected chi connectivity index (χ0v) is 18.1. The van der Waals surface area contributed by atoms with E-state index in [1.807, 2.05) is 6.07 Å². The van der Waals surface area contributed by atoms with Gasteiger partial charge in [0.15, 0.2) is 0 Å². The van der Waals surface area contributed by atoms with Gasteiger partial charge in [0.05, 0.1) is 6.10 Å². The topological polar surface area (TPSA) is 79.8 Å². The highest BCUT2D eigenvalue weighted by atomic mass is 32.2. The fourth-order valence-corrected chi connectivity index (χ4v) is 5.66. The molecule has 1 aromatic carbocycles. The van der Waals surface area contributed by atoms with Gasteiger partial charge >= 0.3 is 0 Å². The van der Waals surface area contributed by atoms with Crippen LogP contribution in [0.25, 0.3) is 0 Å². The maximum atomic E-state index is 14.5. The summed E-state index contributed by atoms with van der Waals surface area (Å²) in [5.74, 6) is -1.21. The van der Waals surface area contributed by atoms with E-state index >= 15 is 0 Å². The summed E-state index contributed by atoms with van der Waals surface area (Å²) in [4.78, 5) is 18.6. The van der Waals surface area contributed by atoms with Crippen LogP contribution in [-0.2, 0) is 21.3 Å². The van der Waals surface area contributed by atoms with E-state index < -0.39 is 20.7 Å². The highest BCUT2D eigenvalue weighted by Gasteiger charge is 2.31. The lowest BCUT2D eigenvalue weighted by atomic mass is 10.1. The minimum atomic E-state index is -3.98. The molecule has 1 aromatic heterocycles. The van der Waals surface area contributed by atoms with Crippen molar-refractivity contribution in [2.45, 2.75) is 43.2 Å². The Kier molecular flexibility index (Phi) is 6.64. The van der Waals surface area contributed by atoms with E-state index in [9.17, 15) is 17.6 Å². The van der Waals surface area contributed by atoms with Gasteiger partial charge in [0, 0.05) is 50.7 Å². The zero-order valence-electron chi connectivity index (χ0n) is 17.2. The number of amides is 1.